The second-order valence-corrected chi connectivity index (χ2v) is 11.3. The van der Waals surface area contributed by atoms with E-state index in [-0.39, 0.29) is 12.1 Å². The van der Waals surface area contributed by atoms with Crippen LogP contribution in [-0.2, 0) is 4.74 Å². The maximum atomic E-state index is 12.6. The highest BCUT2D eigenvalue weighted by Crippen LogP contribution is 2.38. The van der Waals surface area contributed by atoms with E-state index in [0.717, 1.165) is 34.7 Å². The number of likely N-dealkylation sites (tertiary alicyclic amines) is 1. The Bertz CT molecular complexity index is 1600. The summed E-state index contributed by atoms with van der Waals surface area (Å²) in [6, 6.07) is 13.5. The van der Waals surface area contributed by atoms with E-state index >= 15 is 0 Å². The monoisotopic (exact) mass is 552 g/mol. The molecule has 0 bridgehead atoms. The van der Waals surface area contributed by atoms with Crippen molar-refractivity contribution in [3.05, 3.63) is 72.6 Å². The Balaban J connectivity index is 1.43. The normalized spacial score (nSPS) is 15.4. The second kappa shape index (κ2) is 11.4. The molecule has 1 aliphatic rings. The van der Waals surface area contributed by atoms with E-state index in [2.05, 4.69) is 21.9 Å². The third kappa shape index (κ3) is 6.40. The van der Waals surface area contributed by atoms with Gasteiger partial charge in [-0.15, -0.1) is 0 Å². The van der Waals surface area contributed by atoms with E-state index in [1.54, 1.807) is 23.4 Å². The van der Waals surface area contributed by atoms with Gasteiger partial charge < -0.3 is 25.4 Å². The standard InChI is InChI=1S/C32H36N6O3/c1-6-21-17-25(29(35-18-21)40-28-20(2)12-13-23-24(28)10-7-11-26(23)33)27-14-15-34-30(37-27)36-22-9-8-16-38(19-22)31(39)41-32(3,4)5/h6-7,10-15,17-18,22H,1,8-9,16,19,33H2,2-5H3,(H,34,36,37)/t22-/m0/s1. The zero-order valence-corrected chi connectivity index (χ0v) is 24.0. The molecule has 1 atom stereocenters. The maximum Gasteiger partial charge on any atom is 0.410 e. The van der Waals surface area contributed by atoms with Crippen LogP contribution in [0.15, 0.2) is 61.4 Å². The summed E-state index contributed by atoms with van der Waals surface area (Å²) in [7, 11) is 0. The predicted molar refractivity (Wildman–Crippen MR) is 163 cm³/mol. The topological polar surface area (TPSA) is 115 Å². The molecule has 2 aromatic heterocycles. The minimum absolute atomic E-state index is 0.0105. The first kappa shape index (κ1) is 27.9. The number of anilines is 2. The zero-order chi connectivity index (χ0) is 29.1. The minimum Gasteiger partial charge on any atom is -0.444 e. The molecule has 3 heterocycles. The van der Waals surface area contributed by atoms with Gasteiger partial charge in [-0.2, -0.15) is 0 Å². The van der Waals surface area contributed by atoms with Crippen LogP contribution in [0.4, 0.5) is 16.4 Å². The Morgan fingerprint density at radius 1 is 1.17 bits per heavy atom. The molecule has 1 amide bonds. The molecule has 4 aromatic rings. The number of aromatic nitrogens is 3. The summed E-state index contributed by atoms with van der Waals surface area (Å²) in [6.07, 6.45) is 6.59. The van der Waals surface area contributed by atoms with Gasteiger partial charge in [0.25, 0.3) is 0 Å². The fourth-order valence-electron chi connectivity index (χ4n) is 4.89. The number of nitrogens with one attached hydrogen (secondary N) is 1. The molecule has 3 N–H and O–H groups in total. The summed E-state index contributed by atoms with van der Waals surface area (Å²) in [4.78, 5) is 28.3. The van der Waals surface area contributed by atoms with E-state index in [1.807, 2.05) is 70.2 Å². The molecule has 1 fully saturated rings. The smallest absolute Gasteiger partial charge is 0.410 e. The Kier molecular flexibility index (Phi) is 7.79. The molecule has 212 valence electrons. The van der Waals surface area contributed by atoms with Crippen molar-refractivity contribution < 1.29 is 14.3 Å². The van der Waals surface area contributed by atoms with Gasteiger partial charge in [0.05, 0.1) is 11.3 Å². The molecular weight excluding hydrogens is 516 g/mol. The Labute approximate surface area is 240 Å². The van der Waals surface area contributed by atoms with Gasteiger partial charge in [0.2, 0.25) is 11.8 Å². The molecule has 0 spiro atoms. The lowest BCUT2D eigenvalue weighted by molar-refractivity contribution is 0.0206. The molecular formula is C32H36N6O3. The average Bonchev–Trinajstić information content (AvgIpc) is 2.94. The van der Waals surface area contributed by atoms with Crippen molar-refractivity contribution in [3.63, 3.8) is 0 Å². The van der Waals surface area contributed by atoms with Crippen LogP contribution in [-0.4, -0.2) is 50.7 Å². The van der Waals surface area contributed by atoms with Gasteiger partial charge in [0.1, 0.15) is 11.4 Å². The first-order valence-corrected chi connectivity index (χ1v) is 13.8. The molecule has 0 aliphatic carbocycles. The number of fused-ring (bicyclic) bond motifs is 1. The van der Waals surface area contributed by atoms with E-state index in [4.69, 9.17) is 20.2 Å². The molecule has 5 rings (SSSR count). The number of ether oxygens (including phenoxy) is 2. The van der Waals surface area contributed by atoms with Gasteiger partial charge in [-0.25, -0.2) is 19.7 Å². The van der Waals surface area contributed by atoms with Crippen molar-refractivity contribution in [2.75, 3.05) is 24.1 Å². The molecule has 1 aliphatic heterocycles. The van der Waals surface area contributed by atoms with Crippen molar-refractivity contribution >= 4 is 34.6 Å². The lowest BCUT2D eigenvalue weighted by atomic mass is 10.0. The summed E-state index contributed by atoms with van der Waals surface area (Å²) < 4.78 is 12.1. The van der Waals surface area contributed by atoms with E-state index < -0.39 is 5.60 Å². The predicted octanol–water partition coefficient (Wildman–Crippen LogP) is 6.83. The van der Waals surface area contributed by atoms with Gasteiger partial charge in [-0.1, -0.05) is 36.9 Å². The molecule has 41 heavy (non-hydrogen) atoms. The quantitative estimate of drug-likeness (QED) is 0.250. The van der Waals surface area contributed by atoms with Crippen molar-refractivity contribution in [2.24, 2.45) is 0 Å². The van der Waals surface area contributed by atoms with Crippen LogP contribution in [0.25, 0.3) is 28.1 Å². The van der Waals surface area contributed by atoms with Gasteiger partial charge in [-0.05, 0) is 69.9 Å². The highest BCUT2D eigenvalue weighted by atomic mass is 16.6. The number of carbonyl (C=O) groups is 1. The Morgan fingerprint density at radius 3 is 2.78 bits per heavy atom. The maximum absolute atomic E-state index is 12.6. The van der Waals surface area contributed by atoms with E-state index in [9.17, 15) is 4.79 Å². The van der Waals surface area contributed by atoms with Crippen molar-refractivity contribution in [1.82, 2.24) is 19.9 Å². The number of nitrogens with zero attached hydrogens (tertiary/aromatic N) is 4. The molecule has 2 aromatic carbocycles. The summed E-state index contributed by atoms with van der Waals surface area (Å²) in [6.45, 7) is 12.7. The number of piperidine rings is 1. The van der Waals surface area contributed by atoms with Gasteiger partial charge >= 0.3 is 6.09 Å². The second-order valence-electron chi connectivity index (χ2n) is 11.3. The highest BCUT2D eigenvalue weighted by Gasteiger charge is 2.28. The van der Waals surface area contributed by atoms with Gasteiger partial charge in [-0.3, -0.25) is 0 Å². The number of carbonyl (C=O) groups excluding carboxylic acids is 1. The summed E-state index contributed by atoms with van der Waals surface area (Å²) in [5, 5.41) is 5.23. The summed E-state index contributed by atoms with van der Waals surface area (Å²) >= 11 is 0. The van der Waals surface area contributed by atoms with Crippen molar-refractivity contribution in [3.8, 4) is 22.9 Å². The molecule has 9 heteroatoms. The number of rotatable bonds is 6. The molecule has 0 saturated carbocycles. The third-order valence-electron chi connectivity index (χ3n) is 6.89. The summed E-state index contributed by atoms with van der Waals surface area (Å²) in [5.41, 5.74) is 9.52. The van der Waals surface area contributed by atoms with Crippen LogP contribution in [0.2, 0.25) is 0 Å². The molecule has 9 nitrogen and oxygen atoms in total. The molecule has 0 unspecified atom stereocenters. The number of amides is 1. The number of nitrogens with two attached hydrogens (primary N) is 1. The minimum atomic E-state index is -0.542. The molecule has 1 saturated heterocycles. The fourth-order valence-corrected chi connectivity index (χ4v) is 4.89. The SMILES string of the molecule is C=Cc1cnc(Oc2c(C)ccc3c(N)cccc23)c(-c2ccnc(N[C@H]3CCCN(C(=O)OC(C)(C)C)C3)n2)c1. The largest absolute Gasteiger partial charge is 0.444 e. The first-order chi connectivity index (χ1) is 19.6. The highest BCUT2D eigenvalue weighted by molar-refractivity contribution is 5.97. The summed E-state index contributed by atoms with van der Waals surface area (Å²) in [5.74, 6) is 1.56. The lowest BCUT2D eigenvalue weighted by Crippen LogP contribution is -2.47. The lowest BCUT2D eigenvalue weighted by Gasteiger charge is -2.34. The van der Waals surface area contributed by atoms with Crippen LogP contribution in [0.5, 0.6) is 11.6 Å². The number of hydrogen-bond donors (Lipinski definition) is 2. The van der Waals surface area contributed by atoms with Crippen LogP contribution < -0.4 is 15.8 Å². The number of benzene rings is 2. The van der Waals surface area contributed by atoms with Crippen molar-refractivity contribution in [1.29, 1.82) is 0 Å². The van der Waals surface area contributed by atoms with Crippen LogP contribution in [0.1, 0.15) is 44.7 Å². The van der Waals surface area contributed by atoms with E-state index in [0.29, 0.717) is 47.6 Å². The average molecular weight is 553 g/mol. The number of pyridine rings is 1. The third-order valence-corrected chi connectivity index (χ3v) is 6.89. The number of hydrogen-bond acceptors (Lipinski definition) is 8. The Morgan fingerprint density at radius 2 is 2.00 bits per heavy atom. The molecule has 0 radical (unpaired) electrons. The first-order valence-electron chi connectivity index (χ1n) is 13.8. The van der Waals surface area contributed by atoms with Gasteiger partial charge in [0, 0.05) is 48.0 Å². The number of aryl methyl sites for hydroxylation is 1. The number of nitrogen functional groups attached to an aromatic ring is 1. The van der Waals surface area contributed by atoms with E-state index in [1.165, 1.54) is 0 Å². The zero-order valence-electron chi connectivity index (χ0n) is 24.0. The van der Waals surface area contributed by atoms with Crippen LogP contribution >= 0.6 is 0 Å². The fraction of sp³-hybridized carbons (Fsp3) is 0.312. The van der Waals surface area contributed by atoms with Crippen LogP contribution in [0, 0.1) is 6.92 Å². The Hall–Kier alpha value is -4.66. The van der Waals surface area contributed by atoms with Gasteiger partial charge in [0.15, 0.2) is 0 Å². The van der Waals surface area contributed by atoms with Crippen molar-refractivity contribution in [2.45, 2.75) is 52.2 Å². The van der Waals surface area contributed by atoms with Crippen LogP contribution in [0.3, 0.4) is 0 Å².